The highest BCUT2D eigenvalue weighted by atomic mass is 16.6. The summed E-state index contributed by atoms with van der Waals surface area (Å²) in [6.07, 6.45) is 0.890. The van der Waals surface area contributed by atoms with Crippen molar-refractivity contribution in [1.29, 1.82) is 0 Å². The molecule has 1 saturated heterocycles. The van der Waals surface area contributed by atoms with Crippen LogP contribution in [0.25, 0.3) is 0 Å². The van der Waals surface area contributed by atoms with Gasteiger partial charge in [0, 0.05) is 13.1 Å². The molecule has 1 fully saturated rings. The quantitative estimate of drug-likeness (QED) is 0.756. The first kappa shape index (κ1) is 12.3. The van der Waals surface area contributed by atoms with E-state index in [-0.39, 0.29) is 6.09 Å². The summed E-state index contributed by atoms with van der Waals surface area (Å²) in [7, 11) is 1.94. The van der Waals surface area contributed by atoms with Crippen LogP contribution in [0.4, 0.5) is 4.79 Å². The highest BCUT2D eigenvalue weighted by molar-refractivity contribution is 5.68. The lowest BCUT2D eigenvalue weighted by Gasteiger charge is -2.24. The van der Waals surface area contributed by atoms with Crippen molar-refractivity contribution >= 4 is 6.09 Å². The molecule has 0 aromatic heterocycles. The first-order valence-corrected chi connectivity index (χ1v) is 5.55. The van der Waals surface area contributed by atoms with Gasteiger partial charge in [-0.15, -0.1) is 0 Å². The van der Waals surface area contributed by atoms with Crippen LogP contribution in [0.3, 0.4) is 0 Å². The van der Waals surface area contributed by atoms with Crippen LogP contribution in [0.2, 0.25) is 0 Å². The maximum atomic E-state index is 11.7. The number of rotatable bonds is 2. The van der Waals surface area contributed by atoms with Crippen molar-refractivity contribution in [3.05, 3.63) is 0 Å². The van der Waals surface area contributed by atoms with Gasteiger partial charge in [-0.05, 0) is 46.7 Å². The minimum Gasteiger partial charge on any atom is -0.444 e. The average Bonchev–Trinajstić information content (AvgIpc) is 2.50. The molecule has 0 unspecified atom stereocenters. The van der Waals surface area contributed by atoms with Gasteiger partial charge in [-0.25, -0.2) is 4.79 Å². The minimum atomic E-state index is -0.391. The first-order chi connectivity index (χ1) is 6.92. The smallest absolute Gasteiger partial charge is 0.410 e. The summed E-state index contributed by atoms with van der Waals surface area (Å²) in [6.45, 7) is 8.29. The van der Waals surface area contributed by atoms with E-state index < -0.39 is 5.60 Å². The monoisotopic (exact) mass is 214 g/mol. The number of nitrogens with one attached hydrogen (secondary N) is 1. The first-order valence-electron chi connectivity index (χ1n) is 5.55. The van der Waals surface area contributed by atoms with E-state index in [4.69, 9.17) is 4.74 Å². The van der Waals surface area contributed by atoms with Gasteiger partial charge in [0.2, 0.25) is 0 Å². The van der Waals surface area contributed by atoms with E-state index in [1.807, 2.05) is 27.8 Å². The predicted molar refractivity (Wildman–Crippen MR) is 59.8 cm³/mol. The third-order valence-corrected chi connectivity index (χ3v) is 2.43. The summed E-state index contributed by atoms with van der Waals surface area (Å²) in [6, 6.07) is 0. The molecule has 0 aromatic rings. The van der Waals surface area contributed by atoms with Crippen LogP contribution in [-0.2, 0) is 4.74 Å². The number of carbonyl (C=O) groups is 1. The summed E-state index contributed by atoms with van der Waals surface area (Å²) in [5, 5.41) is 3.14. The fraction of sp³-hybridized carbons (Fsp3) is 0.909. The van der Waals surface area contributed by atoms with Crippen molar-refractivity contribution in [2.24, 2.45) is 5.92 Å². The van der Waals surface area contributed by atoms with Gasteiger partial charge in [0.15, 0.2) is 0 Å². The van der Waals surface area contributed by atoms with Crippen LogP contribution in [0.5, 0.6) is 0 Å². The zero-order valence-electron chi connectivity index (χ0n) is 10.2. The molecule has 1 heterocycles. The topological polar surface area (TPSA) is 41.6 Å². The lowest BCUT2D eigenvalue weighted by molar-refractivity contribution is 0.0288. The van der Waals surface area contributed by atoms with Crippen LogP contribution in [0.1, 0.15) is 27.2 Å². The number of likely N-dealkylation sites (tertiary alicyclic amines) is 1. The Morgan fingerprint density at radius 3 is 2.73 bits per heavy atom. The van der Waals surface area contributed by atoms with Gasteiger partial charge in [0.1, 0.15) is 5.60 Å². The molecule has 0 bridgehead atoms. The van der Waals surface area contributed by atoms with Crippen molar-refractivity contribution in [2.75, 3.05) is 26.7 Å². The molecule has 15 heavy (non-hydrogen) atoms. The van der Waals surface area contributed by atoms with Crippen molar-refractivity contribution in [3.63, 3.8) is 0 Å². The highest BCUT2D eigenvalue weighted by Crippen LogP contribution is 2.18. The molecule has 0 aromatic carbocycles. The lowest BCUT2D eigenvalue weighted by atomic mass is 10.1. The highest BCUT2D eigenvalue weighted by Gasteiger charge is 2.29. The molecule has 0 radical (unpaired) electrons. The second kappa shape index (κ2) is 4.84. The average molecular weight is 214 g/mol. The van der Waals surface area contributed by atoms with Gasteiger partial charge >= 0.3 is 6.09 Å². The summed E-state index contributed by atoms with van der Waals surface area (Å²) < 4.78 is 5.31. The van der Waals surface area contributed by atoms with E-state index in [1.165, 1.54) is 0 Å². The van der Waals surface area contributed by atoms with E-state index in [0.717, 1.165) is 26.1 Å². The summed E-state index contributed by atoms with van der Waals surface area (Å²) in [4.78, 5) is 13.5. The molecule has 0 aliphatic carbocycles. The molecular formula is C11H22N2O2. The van der Waals surface area contributed by atoms with Crippen LogP contribution in [0.15, 0.2) is 0 Å². The standard InChI is InChI=1S/C11H22N2O2/c1-11(2,3)15-10(14)13-6-5-9(8-13)7-12-4/h9,12H,5-8H2,1-4H3/t9-/m1/s1. The third-order valence-electron chi connectivity index (χ3n) is 2.43. The van der Waals surface area contributed by atoms with Gasteiger partial charge in [0.25, 0.3) is 0 Å². The molecule has 1 atom stereocenters. The molecule has 1 rings (SSSR count). The Hall–Kier alpha value is -0.770. The lowest BCUT2D eigenvalue weighted by Crippen LogP contribution is -2.36. The molecule has 4 nitrogen and oxygen atoms in total. The van der Waals surface area contributed by atoms with E-state index >= 15 is 0 Å². The fourth-order valence-corrected chi connectivity index (χ4v) is 1.78. The third kappa shape index (κ3) is 4.08. The SMILES string of the molecule is CNC[C@H]1CCN(C(=O)OC(C)(C)C)C1. The van der Waals surface area contributed by atoms with Crippen LogP contribution in [0, 0.1) is 5.92 Å². The summed E-state index contributed by atoms with van der Waals surface area (Å²) in [5.41, 5.74) is -0.391. The van der Waals surface area contributed by atoms with E-state index in [1.54, 1.807) is 4.90 Å². The fourth-order valence-electron chi connectivity index (χ4n) is 1.78. The van der Waals surface area contributed by atoms with Crippen molar-refractivity contribution in [1.82, 2.24) is 10.2 Å². The minimum absolute atomic E-state index is 0.180. The molecule has 4 heteroatoms. The normalized spacial score (nSPS) is 21.9. The molecule has 1 aliphatic heterocycles. The molecule has 0 saturated carbocycles. The zero-order chi connectivity index (χ0) is 11.5. The number of nitrogens with zero attached hydrogens (tertiary/aromatic N) is 1. The molecule has 1 N–H and O–H groups in total. The number of amides is 1. The van der Waals surface area contributed by atoms with Gasteiger partial charge in [0.05, 0.1) is 0 Å². The van der Waals surface area contributed by atoms with Gasteiger partial charge in [-0.3, -0.25) is 0 Å². The van der Waals surface area contributed by atoms with Gasteiger partial charge in [-0.2, -0.15) is 0 Å². The Morgan fingerprint density at radius 1 is 1.53 bits per heavy atom. The number of hydrogen-bond acceptors (Lipinski definition) is 3. The van der Waals surface area contributed by atoms with Crippen LogP contribution in [-0.4, -0.2) is 43.3 Å². The Bertz CT molecular complexity index is 223. The van der Waals surface area contributed by atoms with E-state index in [9.17, 15) is 4.79 Å². The van der Waals surface area contributed by atoms with Gasteiger partial charge < -0.3 is 15.0 Å². The predicted octanol–water partition coefficient (Wildman–Crippen LogP) is 1.46. The Kier molecular flexibility index (Phi) is 3.97. The second-order valence-corrected chi connectivity index (χ2v) is 5.14. The second-order valence-electron chi connectivity index (χ2n) is 5.14. The molecule has 1 amide bonds. The number of carbonyl (C=O) groups excluding carboxylic acids is 1. The molecular weight excluding hydrogens is 192 g/mol. The Morgan fingerprint density at radius 2 is 2.20 bits per heavy atom. The molecule has 1 aliphatic rings. The summed E-state index contributed by atoms with van der Waals surface area (Å²) >= 11 is 0. The van der Waals surface area contributed by atoms with E-state index in [2.05, 4.69) is 5.32 Å². The summed E-state index contributed by atoms with van der Waals surface area (Å²) in [5.74, 6) is 0.572. The number of ether oxygens (including phenoxy) is 1. The Labute approximate surface area is 92.0 Å². The zero-order valence-corrected chi connectivity index (χ0v) is 10.2. The molecule has 88 valence electrons. The van der Waals surface area contributed by atoms with Crippen molar-refractivity contribution < 1.29 is 9.53 Å². The maximum absolute atomic E-state index is 11.7. The van der Waals surface area contributed by atoms with Crippen LogP contribution >= 0.6 is 0 Å². The Balaban J connectivity index is 2.37. The van der Waals surface area contributed by atoms with Crippen molar-refractivity contribution in [3.8, 4) is 0 Å². The number of hydrogen-bond donors (Lipinski definition) is 1. The maximum Gasteiger partial charge on any atom is 0.410 e. The molecule has 0 spiro atoms. The van der Waals surface area contributed by atoms with Crippen molar-refractivity contribution in [2.45, 2.75) is 32.8 Å². The van der Waals surface area contributed by atoms with Gasteiger partial charge in [-0.1, -0.05) is 0 Å². The van der Waals surface area contributed by atoms with Crippen LogP contribution < -0.4 is 5.32 Å². The van der Waals surface area contributed by atoms with E-state index in [0.29, 0.717) is 5.92 Å². The largest absolute Gasteiger partial charge is 0.444 e.